The molecule has 0 spiro atoms. The third-order valence-electron chi connectivity index (χ3n) is 4.18. The van der Waals surface area contributed by atoms with Crippen molar-refractivity contribution in [2.24, 2.45) is 5.92 Å². The number of rotatable bonds is 3. The Kier molecular flexibility index (Phi) is 3.98. The van der Waals surface area contributed by atoms with E-state index in [0.29, 0.717) is 12.2 Å². The number of fused-ring (bicyclic) bond motifs is 1. The SMILES string of the molecule is N#Cc1nnc2ccccc2c1NCC1CCCCC1O. The average molecular weight is 282 g/mol. The van der Waals surface area contributed by atoms with E-state index in [2.05, 4.69) is 21.6 Å². The molecular weight excluding hydrogens is 264 g/mol. The fourth-order valence-corrected chi connectivity index (χ4v) is 2.97. The van der Waals surface area contributed by atoms with Crippen molar-refractivity contribution in [2.75, 3.05) is 11.9 Å². The zero-order chi connectivity index (χ0) is 14.7. The predicted octanol–water partition coefficient (Wildman–Crippen LogP) is 2.46. The van der Waals surface area contributed by atoms with Crippen molar-refractivity contribution >= 4 is 16.6 Å². The molecule has 1 aliphatic carbocycles. The summed E-state index contributed by atoms with van der Waals surface area (Å²) in [7, 11) is 0. The number of benzene rings is 1. The number of hydrogen-bond acceptors (Lipinski definition) is 5. The molecule has 2 atom stereocenters. The van der Waals surface area contributed by atoms with Crippen LogP contribution in [0.2, 0.25) is 0 Å². The Morgan fingerprint density at radius 2 is 2.05 bits per heavy atom. The van der Waals surface area contributed by atoms with E-state index in [4.69, 9.17) is 0 Å². The molecule has 1 aromatic carbocycles. The van der Waals surface area contributed by atoms with Crippen LogP contribution < -0.4 is 5.32 Å². The largest absolute Gasteiger partial charge is 0.393 e. The fourth-order valence-electron chi connectivity index (χ4n) is 2.97. The van der Waals surface area contributed by atoms with Crippen LogP contribution in [0, 0.1) is 17.2 Å². The number of anilines is 1. The van der Waals surface area contributed by atoms with Crippen LogP contribution in [0.3, 0.4) is 0 Å². The molecule has 0 radical (unpaired) electrons. The molecule has 2 aromatic rings. The van der Waals surface area contributed by atoms with Gasteiger partial charge in [0.2, 0.25) is 0 Å². The zero-order valence-corrected chi connectivity index (χ0v) is 11.8. The van der Waals surface area contributed by atoms with Crippen molar-refractivity contribution < 1.29 is 5.11 Å². The Bertz CT molecular complexity index is 680. The van der Waals surface area contributed by atoms with Gasteiger partial charge >= 0.3 is 0 Å². The summed E-state index contributed by atoms with van der Waals surface area (Å²) in [6, 6.07) is 9.73. The first-order valence-electron chi connectivity index (χ1n) is 7.37. The van der Waals surface area contributed by atoms with Crippen LogP contribution in [-0.4, -0.2) is 28.0 Å². The first kappa shape index (κ1) is 13.8. The molecule has 1 aromatic heterocycles. The van der Waals surface area contributed by atoms with Gasteiger partial charge in [-0.25, -0.2) is 0 Å². The summed E-state index contributed by atoms with van der Waals surface area (Å²) >= 11 is 0. The number of aromatic nitrogens is 2. The van der Waals surface area contributed by atoms with Crippen LogP contribution in [-0.2, 0) is 0 Å². The minimum Gasteiger partial charge on any atom is -0.393 e. The highest BCUT2D eigenvalue weighted by Gasteiger charge is 2.23. The molecule has 0 bridgehead atoms. The second-order valence-electron chi connectivity index (χ2n) is 5.55. The van der Waals surface area contributed by atoms with E-state index in [0.717, 1.165) is 42.3 Å². The van der Waals surface area contributed by atoms with Gasteiger partial charge in [-0.15, -0.1) is 10.2 Å². The summed E-state index contributed by atoms with van der Waals surface area (Å²) in [6.45, 7) is 0.658. The van der Waals surface area contributed by atoms with Gasteiger partial charge in [0.25, 0.3) is 0 Å². The van der Waals surface area contributed by atoms with E-state index >= 15 is 0 Å². The highest BCUT2D eigenvalue weighted by molar-refractivity contribution is 5.92. The summed E-state index contributed by atoms with van der Waals surface area (Å²) in [5.41, 5.74) is 1.79. The molecular formula is C16H18N4O. The summed E-state index contributed by atoms with van der Waals surface area (Å²) in [6.07, 6.45) is 3.89. The van der Waals surface area contributed by atoms with Crippen LogP contribution in [0.1, 0.15) is 31.4 Å². The number of hydrogen-bond donors (Lipinski definition) is 2. The van der Waals surface area contributed by atoms with Crippen LogP contribution >= 0.6 is 0 Å². The van der Waals surface area contributed by atoms with Gasteiger partial charge < -0.3 is 10.4 Å². The molecule has 21 heavy (non-hydrogen) atoms. The lowest BCUT2D eigenvalue weighted by molar-refractivity contribution is 0.0763. The van der Waals surface area contributed by atoms with E-state index in [1.807, 2.05) is 24.3 Å². The van der Waals surface area contributed by atoms with Crippen LogP contribution in [0.25, 0.3) is 10.9 Å². The first-order valence-corrected chi connectivity index (χ1v) is 7.37. The van der Waals surface area contributed by atoms with E-state index in [1.165, 1.54) is 0 Å². The Labute approximate surface area is 123 Å². The average Bonchev–Trinajstić information content (AvgIpc) is 2.53. The zero-order valence-electron chi connectivity index (χ0n) is 11.8. The summed E-state index contributed by atoms with van der Waals surface area (Å²) in [5, 5.41) is 31.5. The van der Waals surface area contributed by atoms with Crippen LogP contribution in [0.5, 0.6) is 0 Å². The van der Waals surface area contributed by atoms with Gasteiger partial charge in [-0.3, -0.25) is 0 Å². The fraction of sp³-hybridized carbons (Fsp3) is 0.438. The highest BCUT2D eigenvalue weighted by Crippen LogP contribution is 2.27. The van der Waals surface area contributed by atoms with Crippen molar-refractivity contribution in [3.05, 3.63) is 30.0 Å². The summed E-state index contributed by atoms with van der Waals surface area (Å²) in [5.74, 6) is 0.234. The van der Waals surface area contributed by atoms with Crippen molar-refractivity contribution in [3.8, 4) is 6.07 Å². The van der Waals surface area contributed by atoms with Gasteiger partial charge in [-0.2, -0.15) is 5.26 Å². The number of nitriles is 1. The molecule has 1 fully saturated rings. The molecule has 1 aliphatic rings. The minimum atomic E-state index is -0.252. The molecule has 1 heterocycles. The normalized spacial score (nSPS) is 21.9. The molecule has 5 nitrogen and oxygen atoms in total. The highest BCUT2D eigenvalue weighted by atomic mass is 16.3. The second kappa shape index (κ2) is 6.06. The number of aliphatic hydroxyl groups excluding tert-OH is 1. The Morgan fingerprint density at radius 1 is 1.24 bits per heavy atom. The molecule has 3 rings (SSSR count). The molecule has 0 saturated heterocycles. The van der Waals surface area contributed by atoms with E-state index in [9.17, 15) is 10.4 Å². The Balaban J connectivity index is 1.87. The van der Waals surface area contributed by atoms with Crippen molar-refractivity contribution in [3.63, 3.8) is 0 Å². The van der Waals surface area contributed by atoms with E-state index in [1.54, 1.807) is 0 Å². The molecule has 1 saturated carbocycles. The quantitative estimate of drug-likeness (QED) is 0.903. The summed E-state index contributed by atoms with van der Waals surface area (Å²) < 4.78 is 0. The monoisotopic (exact) mass is 282 g/mol. The molecule has 5 heteroatoms. The number of nitrogens with one attached hydrogen (secondary N) is 1. The van der Waals surface area contributed by atoms with E-state index in [-0.39, 0.29) is 12.0 Å². The van der Waals surface area contributed by atoms with Crippen molar-refractivity contribution in [1.82, 2.24) is 10.2 Å². The first-order chi connectivity index (χ1) is 10.3. The van der Waals surface area contributed by atoms with Crippen molar-refractivity contribution in [1.29, 1.82) is 5.26 Å². The molecule has 108 valence electrons. The maximum Gasteiger partial charge on any atom is 0.186 e. The standard InChI is InChI=1S/C16H18N4O/c17-9-14-16(12-6-2-3-7-13(12)19-20-14)18-10-11-5-1-4-8-15(11)21/h2-3,6-7,11,15,21H,1,4-5,8,10H2,(H,18,19). The maximum absolute atomic E-state index is 10.1. The molecule has 0 amide bonds. The van der Waals surface area contributed by atoms with Gasteiger partial charge in [0.1, 0.15) is 6.07 Å². The second-order valence-corrected chi connectivity index (χ2v) is 5.55. The lowest BCUT2D eigenvalue weighted by Crippen LogP contribution is -2.30. The molecule has 2 unspecified atom stereocenters. The topological polar surface area (TPSA) is 81.8 Å². The smallest absolute Gasteiger partial charge is 0.186 e. The minimum absolute atomic E-state index is 0.234. The molecule has 2 N–H and O–H groups in total. The predicted molar refractivity (Wildman–Crippen MR) is 80.7 cm³/mol. The third-order valence-corrected chi connectivity index (χ3v) is 4.18. The van der Waals surface area contributed by atoms with Gasteiger partial charge in [0.05, 0.1) is 17.3 Å². The number of aliphatic hydroxyl groups is 1. The van der Waals surface area contributed by atoms with E-state index < -0.39 is 0 Å². The van der Waals surface area contributed by atoms with Crippen LogP contribution in [0.4, 0.5) is 5.69 Å². The Hall–Kier alpha value is -2.19. The van der Waals surface area contributed by atoms with Crippen LogP contribution in [0.15, 0.2) is 24.3 Å². The van der Waals surface area contributed by atoms with Gasteiger partial charge in [0.15, 0.2) is 5.69 Å². The van der Waals surface area contributed by atoms with Gasteiger partial charge in [0, 0.05) is 17.8 Å². The molecule has 0 aliphatic heterocycles. The lowest BCUT2D eigenvalue weighted by atomic mass is 9.86. The Morgan fingerprint density at radius 3 is 2.86 bits per heavy atom. The van der Waals surface area contributed by atoms with Gasteiger partial charge in [-0.1, -0.05) is 31.0 Å². The van der Waals surface area contributed by atoms with Gasteiger partial charge in [-0.05, 0) is 18.9 Å². The maximum atomic E-state index is 10.1. The lowest BCUT2D eigenvalue weighted by Gasteiger charge is -2.28. The van der Waals surface area contributed by atoms with Crippen molar-refractivity contribution in [2.45, 2.75) is 31.8 Å². The summed E-state index contributed by atoms with van der Waals surface area (Å²) in [4.78, 5) is 0. The third kappa shape index (κ3) is 2.81. The number of nitrogens with zero attached hydrogens (tertiary/aromatic N) is 3.